The highest BCUT2D eigenvalue weighted by Gasteiger charge is 2.27. The van der Waals surface area contributed by atoms with E-state index >= 15 is 0 Å². The summed E-state index contributed by atoms with van der Waals surface area (Å²) in [6.45, 7) is 13.9. The molecule has 0 bridgehead atoms. The van der Waals surface area contributed by atoms with Crippen LogP contribution in [-0.4, -0.2) is 68.5 Å². The number of alkyl carbamates (subject to hydrolysis) is 1. The average Bonchev–Trinajstić information content (AvgIpc) is 2.92. The number of nitrogens with zero attached hydrogens (tertiary/aromatic N) is 2. The molecule has 0 aromatic carbocycles. The minimum absolute atomic E-state index is 0. The van der Waals surface area contributed by atoms with Crippen molar-refractivity contribution < 1.29 is 14.3 Å². The van der Waals surface area contributed by atoms with E-state index in [1.165, 1.54) is 0 Å². The van der Waals surface area contributed by atoms with E-state index in [4.69, 9.17) is 9.47 Å². The first kappa shape index (κ1) is 25.2. The van der Waals surface area contributed by atoms with E-state index in [1.54, 1.807) is 7.05 Å². The lowest BCUT2D eigenvalue weighted by molar-refractivity contribution is 0.0507. The molecular weight excluding hydrogens is 447 g/mol. The van der Waals surface area contributed by atoms with Crippen LogP contribution in [0.4, 0.5) is 4.79 Å². The zero-order valence-electron chi connectivity index (χ0n) is 17.1. The number of hydrogen-bond acceptors (Lipinski definition) is 4. The van der Waals surface area contributed by atoms with Gasteiger partial charge in [-0.2, -0.15) is 0 Å². The van der Waals surface area contributed by atoms with Crippen molar-refractivity contribution >= 4 is 36.0 Å². The fraction of sp³-hybridized carbons (Fsp3) is 0.889. The third-order valence-corrected chi connectivity index (χ3v) is 3.62. The number of amides is 1. The summed E-state index contributed by atoms with van der Waals surface area (Å²) in [6.07, 6.45) is 1.47. The van der Waals surface area contributed by atoms with Crippen molar-refractivity contribution in [3.8, 4) is 0 Å². The number of likely N-dealkylation sites (tertiary alicyclic amines) is 1. The first-order valence-corrected chi connectivity index (χ1v) is 9.24. The van der Waals surface area contributed by atoms with Gasteiger partial charge < -0.3 is 25.0 Å². The highest BCUT2D eigenvalue weighted by molar-refractivity contribution is 14.0. The van der Waals surface area contributed by atoms with Crippen LogP contribution in [0.1, 0.15) is 47.5 Å². The summed E-state index contributed by atoms with van der Waals surface area (Å²) in [5.41, 5.74) is -0.475. The third kappa shape index (κ3) is 11.1. The molecule has 1 amide bonds. The van der Waals surface area contributed by atoms with Crippen molar-refractivity contribution in [1.82, 2.24) is 15.5 Å². The lowest BCUT2D eigenvalue weighted by Gasteiger charge is -2.23. The lowest BCUT2D eigenvalue weighted by atomic mass is 10.2. The summed E-state index contributed by atoms with van der Waals surface area (Å²) in [6, 6.07) is 0.0859. The van der Waals surface area contributed by atoms with Crippen molar-refractivity contribution in [2.75, 3.05) is 39.9 Å². The number of carbonyl (C=O) groups is 1. The lowest BCUT2D eigenvalue weighted by Crippen LogP contribution is -2.44. The second-order valence-corrected chi connectivity index (χ2v) is 7.87. The molecule has 1 rings (SSSR count). The van der Waals surface area contributed by atoms with Gasteiger partial charge in [-0.05, 0) is 39.5 Å². The first-order valence-electron chi connectivity index (χ1n) is 9.24. The van der Waals surface area contributed by atoms with Gasteiger partial charge in [0.15, 0.2) is 5.96 Å². The van der Waals surface area contributed by atoms with Crippen LogP contribution >= 0.6 is 24.0 Å². The van der Waals surface area contributed by atoms with Gasteiger partial charge in [-0.3, -0.25) is 4.99 Å². The van der Waals surface area contributed by atoms with Crippen molar-refractivity contribution in [3.63, 3.8) is 0 Å². The second kappa shape index (κ2) is 12.6. The average molecular weight is 484 g/mol. The Labute approximate surface area is 175 Å². The van der Waals surface area contributed by atoms with Gasteiger partial charge in [0.1, 0.15) is 5.60 Å². The molecule has 26 heavy (non-hydrogen) atoms. The molecule has 7 nitrogen and oxygen atoms in total. The predicted molar refractivity (Wildman–Crippen MR) is 116 cm³/mol. The summed E-state index contributed by atoms with van der Waals surface area (Å²) >= 11 is 0. The largest absolute Gasteiger partial charge is 0.444 e. The van der Waals surface area contributed by atoms with Gasteiger partial charge >= 0.3 is 6.09 Å². The maximum absolute atomic E-state index is 11.9. The molecule has 1 heterocycles. The Hall–Kier alpha value is -0.770. The van der Waals surface area contributed by atoms with E-state index in [0.717, 1.165) is 51.6 Å². The quantitative estimate of drug-likeness (QED) is 0.252. The summed E-state index contributed by atoms with van der Waals surface area (Å²) < 4.78 is 10.9. The van der Waals surface area contributed by atoms with Gasteiger partial charge in [-0.25, -0.2) is 4.79 Å². The Morgan fingerprint density at radius 3 is 2.62 bits per heavy atom. The Morgan fingerprint density at radius 2 is 2.04 bits per heavy atom. The molecule has 2 N–H and O–H groups in total. The Bertz CT molecular complexity index is 439. The van der Waals surface area contributed by atoms with E-state index in [9.17, 15) is 4.79 Å². The van der Waals surface area contributed by atoms with Crippen molar-refractivity contribution in [2.24, 2.45) is 10.9 Å². The van der Waals surface area contributed by atoms with Crippen LogP contribution < -0.4 is 10.6 Å². The molecule has 0 spiro atoms. The van der Waals surface area contributed by atoms with E-state index in [1.807, 2.05) is 20.8 Å². The number of aliphatic imine (C=N–C) groups is 1. The van der Waals surface area contributed by atoms with E-state index in [-0.39, 0.29) is 36.1 Å². The SMILES string of the molecule is CN=C(NCCCOCC(C)C)N1CCC(NC(=O)OC(C)(C)C)C1.I. The number of hydrogen-bond donors (Lipinski definition) is 2. The molecule has 1 aliphatic rings. The van der Waals surface area contributed by atoms with E-state index in [2.05, 4.69) is 34.4 Å². The molecule has 154 valence electrons. The molecule has 1 atom stereocenters. The zero-order valence-corrected chi connectivity index (χ0v) is 19.5. The number of nitrogens with one attached hydrogen (secondary N) is 2. The molecule has 0 saturated carbocycles. The normalized spacial score (nSPS) is 17.9. The standard InChI is InChI=1S/C18H36N4O3.HI/c1-14(2)13-24-11-7-9-20-16(19-6)22-10-8-15(12-22)21-17(23)25-18(3,4)5;/h14-15H,7-13H2,1-6H3,(H,19,20)(H,21,23);1H. The van der Waals surface area contributed by atoms with E-state index in [0.29, 0.717) is 5.92 Å². The molecule has 1 saturated heterocycles. The number of guanidine groups is 1. The maximum atomic E-state index is 11.9. The Balaban J connectivity index is 0.00000625. The van der Waals surface area contributed by atoms with Gasteiger partial charge in [-0.15, -0.1) is 24.0 Å². The van der Waals surface area contributed by atoms with Crippen LogP contribution in [0.25, 0.3) is 0 Å². The molecule has 0 aromatic rings. The van der Waals surface area contributed by atoms with E-state index < -0.39 is 5.60 Å². The topological polar surface area (TPSA) is 75.2 Å². The summed E-state index contributed by atoms with van der Waals surface area (Å²) in [7, 11) is 1.78. The highest BCUT2D eigenvalue weighted by atomic mass is 127. The highest BCUT2D eigenvalue weighted by Crippen LogP contribution is 2.12. The zero-order chi connectivity index (χ0) is 18.9. The maximum Gasteiger partial charge on any atom is 0.407 e. The van der Waals surface area contributed by atoms with Crippen LogP contribution in [0.5, 0.6) is 0 Å². The van der Waals surface area contributed by atoms with Crippen LogP contribution in [-0.2, 0) is 9.47 Å². The predicted octanol–water partition coefficient (Wildman–Crippen LogP) is 2.84. The number of halogens is 1. The van der Waals surface area contributed by atoms with Crippen LogP contribution in [0.3, 0.4) is 0 Å². The third-order valence-electron chi connectivity index (χ3n) is 3.62. The molecular formula is C18H37IN4O3. The molecule has 1 fully saturated rings. The van der Waals surface area contributed by atoms with Crippen molar-refractivity contribution in [2.45, 2.75) is 59.1 Å². The number of carbonyl (C=O) groups excluding carboxylic acids is 1. The van der Waals surface area contributed by atoms with Crippen molar-refractivity contribution in [1.29, 1.82) is 0 Å². The van der Waals surface area contributed by atoms with Gasteiger partial charge in [0, 0.05) is 39.9 Å². The smallest absolute Gasteiger partial charge is 0.407 e. The molecule has 0 radical (unpaired) electrons. The fourth-order valence-corrected chi connectivity index (χ4v) is 2.57. The van der Waals surface area contributed by atoms with Crippen LogP contribution in [0.2, 0.25) is 0 Å². The summed E-state index contributed by atoms with van der Waals surface area (Å²) in [5, 5.41) is 6.30. The molecule has 1 unspecified atom stereocenters. The summed E-state index contributed by atoms with van der Waals surface area (Å²) in [5.74, 6) is 1.44. The molecule has 0 aromatic heterocycles. The minimum Gasteiger partial charge on any atom is -0.444 e. The van der Waals surface area contributed by atoms with Crippen LogP contribution in [0, 0.1) is 5.92 Å². The van der Waals surface area contributed by atoms with Crippen molar-refractivity contribution in [3.05, 3.63) is 0 Å². The monoisotopic (exact) mass is 484 g/mol. The number of ether oxygens (including phenoxy) is 2. The number of rotatable bonds is 7. The molecule has 1 aliphatic heterocycles. The summed E-state index contributed by atoms with van der Waals surface area (Å²) in [4.78, 5) is 18.4. The fourth-order valence-electron chi connectivity index (χ4n) is 2.57. The molecule has 0 aliphatic carbocycles. The first-order chi connectivity index (χ1) is 11.7. The second-order valence-electron chi connectivity index (χ2n) is 7.87. The Kier molecular flexibility index (Phi) is 12.2. The van der Waals surface area contributed by atoms with Gasteiger partial charge in [0.2, 0.25) is 0 Å². The Morgan fingerprint density at radius 1 is 1.35 bits per heavy atom. The van der Waals surface area contributed by atoms with Gasteiger partial charge in [0.05, 0.1) is 6.04 Å². The molecule has 8 heteroatoms. The minimum atomic E-state index is -0.475. The van der Waals surface area contributed by atoms with Gasteiger partial charge in [-0.1, -0.05) is 13.8 Å². The van der Waals surface area contributed by atoms with Crippen LogP contribution in [0.15, 0.2) is 4.99 Å². The van der Waals surface area contributed by atoms with Gasteiger partial charge in [0.25, 0.3) is 0 Å².